The zero-order valence-electron chi connectivity index (χ0n) is 7.95. The summed E-state index contributed by atoms with van der Waals surface area (Å²) in [5.41, 5.74) is 1.17. The smallest absolute Gasteiger partial charge is 0.339 e. The Morgan fingerprint density at radius 3 is 2.80 bits per heavy atom. The topological polar surface area (TPSA) is 50.1 Å². The molecule has 0 saturated carbocycles. The molecule has 0 aliphatic carbocycles. The molecular formula is C10H8ClNO2S. The molecule has 0 amide bonds. The van der Waals surface area contributed by atoms with Gasteiger partial charge >= 0.3 is 5.97 Å². The van der Waals surface area contributed by atoms with Crippen LogP contribution in [0.3, 0.4) is 0 Å². The molecule has 1 aromatic carbocycles. The largest absolute Gasteiger partial charge is 0.465 e. The van der Waals surface area contributed by atoms with Gasteiger partial charge in [-0.2, -0.15) is 5.26 Å². The first kappa shape index (κ1) is 11.9. The summed E-state index contributed by atoms with van der Waals surface area (Å²) in [5, 5.41) is 8.85. The summed E-state index contributed by atoms with van der Waals surface area (Å²) in [6.07, 6.45) is 0. The first-order chi connectivity index (χ1) is 7.13. The van der Waals surface area contributed by atoms with Crippen molar-refractivity contribution < 1.29 is 9.53 Å². The molecule has 0 spiro atoms. The number of halogens is 1. The van der Waals surface area contributed by atoms with Gasteiger partial charge in [-0.05, 0) is 17.7 Å². The number of methoxy groups -OCH3 is 1. The number of rotatable bonds is 2. The third kappa shape index (κ3) is 2.44. The standard InChI is InChI=1S/C10H8ClNO2S/c1-14-10(13)8-3-9(15)6(4-11)2-7(8)5-12/h2-3,15H,4H2,1H3. The maximum absolute atomic E-state index is 11.3. The van der Waals surface area contributed by atoms with Crippen LogP contribution >= 0.6 is 24.2 Å². The molecule has 0 aliphatic rings. The van der Waals surface area contributed by atoms with E-state index in [0.717, 1.165) is 0 Å². The number of ether oxygens (including phenoxy) is 1. The van der Waals surface area contributed by atoms with E-state index in [1.807, 2.05) is 6.07 Å². The maximum atomic E-state index is 11.3. The number of benzene rings is 1. The number of carbonyl (C=O) groups is 1. The summed E-state index contributed by atoms with van der Waals surface area (Å²) < 4.78 is 4.55. The Morgan fingerprint density at radius 2 is 2.33 bits per heavy atom. The quantitative estimate of drug-likeness (QED) is 0.491. The van der Waals surface area contributed by atoms with Crippen LogP contribution < -0.4 is 0 Å². The van der Waals surface area contributed by atoms with Gasteiger partial charge in [0.2, 0.25) is 0 Å². The lowest BCUT2D eigenvalue weighted by Gasteiger charge is -2.06. The minimum Gasteiger partial charge on any atom is -0.465 e. The molecular weight excluding hydrogens is 234 g/mol. The van der Waals surface area contributed by atoms with Crippen molar-refractivity contribution in [2.75, 3.05) is 7.11 Å². The van der Waals surface area contributed by atoms with Crippen LogP contribution in [-0.4, -0.2) is 13.1 Å². The number of hydrogen-bond donors (Lipinski definition) is 1. The summed E-state index contributed by atoms with van der Waals surface area (Å²) in [6.45, 7) is 0. The van der Waals surface area contributed by atoms with Gasteiger partial charge in [0.15, 0.2) is 0 Å². The Hall–Kier alpha value is -1.18. The van der Waals surface area contributed by atoms with Gasteiger partial charge in [0.05, 0.1) is 18.2 Å². The maximum Gasteiger partial charge on any atom is 0.339 e. The molecule has 0 N–H and O–H groups in total. The number of carbonyl (C=O) groups excluding carboxylic acids is 1. The molecule has 0 aliphatic heterocycles. The second kappa shape index (κ2) is 5.06. The minimum absolute atomic E-state index is 0.207. The highest BCUT2D eigenvalue weighted by atomic mass is 35.5. The Kier molecular flexibility index (Phi) is 4.01. The van der Waals surface area contributed by atoms with Crippen molar-refractivity contribution in [3.8, 4) is 6.07 Å². The summed E-state index contributed by atoms with van der Waals surface area (Å²) in [7, 11) is 1.26. The molecule has 0 unspecified atom stereocenters. The first-order valence-electron chi connectivity index (χ1n) is 4.04. The Morgan fingerprint density at radius 1 is 1.67 bits per heavy atom. The van der Waals surface area contributed by atoms with E-state index in [1.54, 1.807) is 6.07 Å². The van der Waals surface area contributed by atoms with Gasteiger partial charge in [0.1, 0.15) is 6.07 Å². The molecule has 1 aromatic rings. The molecule has 3 nitrogen and oxygen atoms in total. The third-order valence-electron chi connectivity index (χ3n) is 1.89. The fourth-order valence-corrected chi connectivity index (χ4v) is 1.70. The fraction of sp³-hybridized carbons (Fsp3) is 0.200. The SMILES string of the molecule is COC(=O)c1cc(S)c(CCl)cc1C#N. The Bertz CT molecular complexity index is 440. The summed E-state index contributed by atoms with van der Waals surface area (Å²) >= 11 is 9.82. The molecule has 0 aromatic heterocycles. The van der Waals surface area contributed by atoms with E-state index in [-0.39, 0.29) is 17.0 Å². The van der Waals surface area contributed by atoms with E-state index in [9.17, 15) is 4.79 Å². The predicted molar refractivity (Wildman–Crippen MR) is 59.3 cm³/mol. The average molecular weight is 242 g/mol. The van der Waals surface area contributed by atoms with Gasteiger partial charge in [-0.1, -0.05) is 0 Å². The summed E-state index contributed by atoms with van der Waals surface area (Å²) in [4.78, 5) is 11.9. The van der Waals surface area contributed by atoms with Crippen LogP contribution in [0.2, 0.25) is 0 Å². The van der Waals surface area contributed by atoms with Crippen LogP contribution in [0, 0.1) is 11.3 Å². The van der Waals surface area contributed by atoms with Gasteiger partial charge in [-0.15, -0.1) is 24.2 Å². The predicted octanol–water partition coefficient (Wildman–Crippen LogP) is 2.37. The van der Waals surface area contributed by atoms with E-state index in [0.29, 0.717) is 10.5 Å². The Labute approximate surface area is 98.0 Å². The first-order valence-corrected chi connectivity index (χ1v) is 5.02. The van der Waals surface area contributed by atoms with Crippen LogP contribution in [0.5, 0.6) is 0 Å². The second-order valence-corrected chi connectivity index (χ2v) is 3.51. The molecule has 0 bridgehead atoms. The molecule has 0 atom stereocenters. The molecule has 78 valence electrons. The molecule has 15 heavy (non-hydrogen) atoms. The van der Waals surface area contributed by atoms with Crippen LogP contribution in [-0.2, 0) is 10.6 Å². The molecule has 0 fully saturated rings. The van der Waals surface area contributed by atoms with Gasteiger partial charge in [-0.25, -0.2) is 4.79 Å². The molecule has 0 saturated heterocycles. The highest BCUT2D eigenvalue weighted by Gasteiger charge is 2.14. The minimum atomic E-state index is -0.553. The van der Waals surface area contributed by atoms with E-state index in [4.69, 9.17) is 16.9 Å². The van der Waals surface area contributed by atoms with Crippen LogP contribution in [0.25, 0.3) is 0 Å². The zero-order chi connectivity index (χ0) is 11.4. The molecule has 5 heteroatoms. The van der Waals surface area contributed by atoms with Gasteiger partial charge in [0.25, 0.3) is 0 Å². The fourth-order valence-electron chi connectivity index (χ4n) is 1.11. The molecule has 1 rings (SSSR count). The molecule has 0 radical (unpaired) electrons. The van der Waals surface area contributed by atoms with Crippen molar-refractivity contribution in [2.24, 2.45) is 0 Å². The van der Waals surface area contributed by atoms with Gasteiger partial charge < -0.3 is 4.74 Å². The van der Waals surface area contributed by atoms with E-state index >= 15 is 0 Å². The number of esters is 1. The van der Waals surface area contributed by atoms with Crippen LogP contribution in [0.1, 0.15) is 21.5 Å². The second-order valence-electron chi connectivity index (χ2n) is 2.76. The summed E-state index contributed by atoms with van der Waals surface area (Å²) in [5.74, 6) is -0.308. The lowest BCUT2D eigenvalue weighted by atomic mass is 10.1. The van der Waals surface area contributed by atoms with Crippen molar-refractivity contribution in [1.29, 1.82) is 5.26 Å². The highest BCUT2D eigenvalue weighted by Crippen LogP contribution is 2.22. The highest BCUT2D eigenvalue weighted by molar-refractivity contribution is 7.80. The van der Waals surface area contributed by atoms with E-state index in [2.05, 4.69) is 17.4 Å². The van der Waals surface area contributed by atoms with Crippen molar-refractivity contribution in [3.63, 3.8) is 0 Å². The van der Waals surface area contributed by atoms with Crippen molar-refractivity contribution >= 4 is 30.2 Å². The van der Waals surface area contributed by atoms with Crippen LogP contribution in [0.15, 0.2) is 17.0 Å². The van der Waals surface area contributed by atoms with Crippen molar-refractivity contribution in [3.05, 3.63) is 28.8 Å². The number of alkyl halides is 1. The van der Waals surface area contributed by atoms with E-state index < -0.39 is 5.97 Å². The van der Waals surface area contributed by atoms with Crippen LogP contribution in [0.4, 0.5) is 0 Å². The number of nitrogens with zero attached hydrogens (tertiary/aromatic N) is 1. The lowest BCUT2D eigenvalue weighted by molar-refractivity contribution is 0.0600. The van der Waals surface area contributed by atoms with Gasteiger partial charge in [0, 0.05) is 10.8 Å². The summed E-state index contributed by atoms with van der Waals surface area (Å²) in [6, 6.07) is 4.95. The van der Waals surface area contributed by atoms with Crippen molar-refractivity contribution in [2.45, 2.75) is 10.8 Å². The third-order valence-corrected chi connectivity index (χ3v) is 2.59. The van der Waals surface area contributed by atoms with Crippen molar-refractivity contribution in [1.82, 2.24) is 0 Å². The number of thiol groups is 1. The number of nitriles is 1. The van der Waals surface area contributed by atoms with Gasteiger partial charge in [-0.3, -0.25) is 0 Å². The number of hydrogen-bond acceptors (Lipinski definition) is 4. The average Bonchev–Trinajstić information content (AvgIpc) is 2.27. The zero-order valence-corrected chi connectivity index (χ0v) is 9.60. The lowest BCUT2D eigenvalue weighted by Crippen LogP contribution is -2.05. The Balaban J connectivity index is 3.35. The molecule has 0 heterocycles. The monoisotopic (exact) mass is 241 g/mol. The normalized spacial score (nSPS) is 9.47. The van der Waals surface area contributed by atoms with E-state index in [1.165, 1.54) is 13.2 Å².